The lowest BCUT2D eigenvalue weighted by molar-refractivity contribution is -0.136. The summed E-state index contributed by atoms with van der Waals surface area (Å²) in [6.07, 6.45) is 2.68. The average molecular weight is 538 g/mol. The van der Waals surface area contributed by atoms with Gasteiger partial charge in [0.2, 0.25) is 5.91 Å². The van der Waals surface area contributed by atoms with E-state index < -0.39 is 12.1 Å². The summed E-state index contributed by atoms with van der Waals surface area (Å²) in [6, 6.07) is 19.9. The average Bonchev–Trinajstić information content (AvgIpc) is 3.29. The van der Waals surface area contributed by atoms with E-state index in [4.69, 9.17) is 0 Å². The molecule has 1 aromatic heterocycles. The van der Waals surface area contributed by atoms with Gasteiger partial charge in [0.15, 0.2) is 0 Å². The van der Waals surface area contributed by atoms with Gasteiger partial charge in [0.25, 0.3) is 5.91 Å². The number of aryl methyl sites for hydroxylation is 2. The van der Waals surface area contributed by atoms with E-state index in [0.717, 1.165) is 27.9 Å². The molecule has 2 aliphatic heterocycles. The molecule has 0 bridgehead atoms. The van der Waals surface area contributed by atoms with Crippen molar-refractivity contribution in [3.63, 3.8) is 0 Å². The zero-order valence-corrected chi connectivity index (χ0v) is 23.2. The number of likely N-dealkylation sites (N-methyl/N-ethyl adjacent to an activating group) is 1. The molecule has 0 spiro atoms. The Morgan fingerprint density at radius 2 is 1.85 bits per heavy atom. The molecule has 2 N–H and O–H groups in total. The molecule has 3 heterocycles. The normalized spacial score (nSPS) is 17.5. The number of pyridine rings is 1. The van der Waals surface area contributed by atoms with Gasteiger partial charge in [0.1, 0.15) is 6.04 Å². The predicted octanol–water partition coefficient (Wildman–Crippen LogP) is 3.85. The number of aromatic nitrogens is 1. The molecule has 206 valence electrons. The van der Waals surface area contributed by atoms with Crippen molar-refractivity contribution in [1.29, 1.82) is 0 Å². The van der Waals surface area contributed by atoms with E-state index >= 15 is 0 Å². The van der Waals surface area contributed by atoms with Gasteiger partial charge in [-0.25, -0.2) is 4.79 Å². The largest absolute Gasteiger partial charge is 0.354 e. The van der Waals surface area contributed by atoms with Crippen molar-refractivity contribution < 1.29 is 14.4 Å². The van der Waals surface area contributed by atoms with Gasteiger partial charge in [-0.3, -0.25) is 19.5 Å². The molecule has 3 aromatic rings. The summed E-state index contributed by atoms with van der Waals surface area (Å²) in [6.45, 7) is 6.92. The van der Waals surface area contributed by atoms with Crippen LogP contribution in [0.5, 0.6) is 0 Å². The van der Waals surface area contributed by atoms with Crippen LogP contribution in [0.3, 0.4) is 0 Å². The van der Waals surface area contributed by atoms with Crippen molar-refractivity contribution in [2.24, 2.45) is 0 Å². The van der Waals surface area contributed by atoms with Crippen molar-refractivity contribution in [2.75, 3.05) is 19.6 Å². The Bertz CT molecular complexity index is 1440. The summed E-state index contributed by atoms with van der Waals surface area (Å²) < 4.78 is 0. The molecular formula is C32H35N5O3. The SMILES string of the molecule is CCN1C(=O)N[C@@H](c2ccc(C)cc2C)C2=C1CN([C@@H](Cc1ccccc1)C(=O)NCCc1ccccn1)C2=O. The second kappa shape index (κ2) is 11.7. The maximum Gasteiger partial charge on any atom is 0.322 e. The Hall–Kier alpha value is -4.46. The van der Waals surface area contributed by atoms with E-state index in [1.54, 1.807) is 16.0 Å². The van der Waals surface area contributed by atoms with Crippen LogP contribution in [0.2, 0.25) is 0 Å². The first-order valence-corrected chi connectivity index (χ1v) is 13.8. The second-order valence-electron chi connectivity index (χ2n) is 10.3. The summed E-state index contributed by atoms with van der Waals surface area (Å²) in [5.74, 6) is -0.447. The molecule has 4 amide bonds. The minimum Gasteiger partial charge on any atom is -0.354 e. The highest BCUT2D eigenvalue weighted by Gasteiger charge is 2.47. The molecule has 5 rings (SSSR count). The zero-order valence-electron chi connectivity index (χ0n) is 23.2. The first kappa shape index (κ1) is 27.1. The summed E-state index contributed by atoms with van der Waals surface area (Å²) in [4.78, 5) is 48.7. The maximum atomic E-state index is 14.2. The minimum atomic E-state index is -0.738. The third-order valence-electron chi connectivity index (χ3n) is 7.66. The highest BCUT2D eigenvalue weighted by molar-refractivity contribution is 6.03. The number of hydrogen-bond acceptors (Lipinski definition) is 4. The number of carbonyl (C=O) groups is 3. The van der Waals surface area contributed by atoms with Crippen LogP contribution in [0, 0.1) is 13.8 Å². The highest BCUT2D eigenvalue weighted by Crippen LogP contribution is 2.38. The number of nitrogens with one attached hydrogen (secondary N) is 2. The van der Waals surface area contributed by atoms with E-state index in [-0.39, 0.29) is 24.4 Å². The van der Waals surface area contributed by atoms with Crippen LogP contribution in [0.15, 0.2) is 84.2 Å². The molecule has 8 heteroatoms. The van der Waals surface area contributed by atoms with Gasteiger partial charge >= 0.3 is 6.03 Å². The molecule has 0 radical (unpaired) electrons. The van der Waals surface area contributed by atoms with Crippen LogP contribution in [0.25, 0.3) is 0 Å². The predicted molar refractivity (Wildman–Crippen MR) is 153 cm³/mol. The fourth-order valence-electron chi connectivity index (χ4n) is 5.64. The van der Waals surface area contributed by atoms with Crippen molar-refractivity contribution in [1.82, 2.24) is 25.4 Å². The fourth-order valence-corrected chi connectivity index (χ4v) is 5.64. The Labute approximate surface area is 235 Å². The van der Waals surface area contributed by atoms with Crippen LogP contribution >= 0.6 is 0 Å². The number of hydrogen-bond donors (Lipinski definition) is 2. The minimum absolute atomic E-state index is 0.196. The number of rotatable bonds is 9. The van der Waals surface area contributed by atoms with Crippen LogP contribution in [-0.4, -0.2) is 58.3 Å². The Balaban J connectivity index is 1.45. The summed E-state index contributed by atoms with van der Waals surface area (Å²) in [5, 5.41) is 6.10. The molecule has 2 aromatic carbocycles. The maximum absolute atomic E-state index is 14.2. The molecule has 0 saturated carbocycles. The number of amides is 4. The smallest absolute Gasteiger partial charge is 0.322 e. The van der Waals surface area contributed by atoms with Crippen molar-refractivity contribution >= 4 is 17.8 Å². The van der Waals surface area contributed by atoms with Gasteiger partial charge in [-0.05, 0) is 49.6 Å². The molecule has 0 fully saturated rings. The van der Waals surface area contributed by atoms with Crippen molar-refractivity contribution in [2.45, 2.75) is 45.7 Å². The van der Waals surface area contributed by atoms with Crippen molar-refractivity contribution in [3.05, 3.63) is 112 Å². The topological polar surface area (TPSA) is 94.6 Å². The lowest BCUT2D eigenvalue weighted by atomic mass is 9.91. The van der Waals surface area contributed by atoms with Crippen LogP contribution < -0.4 is 10.6 Å². The number of carbonyl (C=O) groups excluding carboxylic acids is 3. The molecule has 0 saturated heterocycles. The Morgan fingerprint density at radius 3 is 2.55 bits per heavy atom. The molecule has 8 nitrogen and oxygen atoms in total. The van der Waals surface area contributed by atoms with E-state index in [2.05, 4.69) is 21.7 Å². The zero-order chi connectivity index (χ0) is 28.2. The first-order chi connectivity index (χ1) is 19.4. The van der Waals surface area contributed by atoms with E-state index in [1.165, 1.54) is 0 Å². The molecule has 2 atom stereocenters. The monoisotopic (exact) mass is 537 g/mol. The first-order valence-electron chi connectivity index (χ1n) is 13.8. The Morgan fingerprint density at radius 1 is 1.07 bits per heavy atom. The molecule has 2 aliphatic rings. The van der Waals surface area contributed by atoms with Crippen LogP contribution in [-0.2, 0) is 22.4 Å². The van der Waals surface area contributed by atoms with Crippen molar-refractivity contribution in [3.8, 4) is 0 Å². The standard InChI is InChI=1S/C32H35N5O3/c1-4-36-27-20-37(31(39)28(27)29(35-32(36)40)25-14-13-21(2)18-22(25)3)26(19-23-10-6-5-7-11-23)30(38)34-17-15-24-12-8-9-16-33-24/h5-14,16,18,26,29H,4,15,17,19-20H2,1-3H3,(H,34,38)(H,35,40)/t26-,29-/m0/s1. The van der Waals surface area contributed by atoms with E-state index in [1.807, 2.05) is 81.4 Å². The van der Waals surface area contributed by atoms with Crippen LogP contribution in [0.1, 0.15) is 40.9 Å². The quantitative estimate of drug-likeness (QED) is 0.434. The second-order valence-corrected chi connectivity index (χ2v) is 10.3. The summed E-state index contributed by atoms with van der Waals surface area (Å²) in [7, 11) is 0. The lowest BCUT2D eigenvalue weighted by Crippen LogP contribution is -2.50. The summed E-state index contributed by atoms with van der Waals surface area (Å²) in [5.41, 5.74) is 6.04. The number of nitrogens with zero attached hydrogens (tertiary/aromatic N) is 3. The van der Waals surface area contributed by atoms with E-state index in [0.29, 0.717) is 37.2 Å². The van der Waals surface area contributed by atoms with Crippen LogP contribution in [0.4, 0.5) is 4.79 Å². The summed E-state index contributed by atoms with van der Waals surface area (Å²) >= 11 is 0. The molecule has 0 unspecified atom stereocenters. The third kappa shape index (κ3) is 5.47. The van der Waals surface area contributed by atoms with Gasteiger partial charge in [0.05, 0.1) is 23.9 Å². The fraction of sp³-hybridized carbons (Fsp3) is 0.312. The Kier molecular flexibility index (Phi) is 7.96. The number of urea groups is 1. The highest BCUT2D eigenvalue weighted by atomic mass is 16.2. The van der Waals surface area contributed by atoms with Gasteiger partial charge in [-0.2, -0.15) is 0 Å². The molecule has 0 aliphatic carbocycles. The van der Waals surface area contributed by atoms with Gasteiger partial charge < -0.3 is 15.5 Å². The lowest BCUT2D eigenvalue weighted by Gasteiger charge is -2.33. The van der Waals surface area contributed by atoms with Gasteiger partial charge in [0, 0.05) is 37.8 Å². The molecule has 40 heavy (non-hydrogen) atoms. The van der Waals surface area contributed by atoms with E-state index in [9.17, 15) is 14.4 Å². The van der Waals surface area contributed by atoms with Gasteiger partial charge in [-0.15, -0.1) is 0 Å². The third-order valence-corrected chi connectivity index (χ3v) is 7.66. The number of benzene rings is 2. The van der Waals surface area contributed by atoms with Gasteiger partial charge in [-0.1, -0.05) is 60.2 Å². The molecular weight excluding hydrogens is 502 g/mol.